The molecule has 2 aliphatic rings. The zero-order chi connectivity index (χ0) is 21.3. The Morgan fingerprint density at radius 1 is 1.16 bits per heavy atom. The van der Waals surface area contributed by atoms with Crippen molar-refractivity contribution in [3.8, 4) is 0 Å². The van der Waals surface area contributed by atoms with Gasteiger partial charge >= 0.3 is 6.09 Å². The number of carbonyl (C=O) groups is 1. The maximum absolute atomic E-state index is 15.3. The molecule has 2 atom stereocenters. The van der Waals surface area contributed by atoms with E-state index >= 15 is 4.39 Å². The third kappa shape index (κ3) is 4.75. The summed E-state index contributed by atoms with van der Waals surface area (Å²) in [6.45, 7) is 1.39. The molecule has 31 heavy (non-hydrogen) atoms. The topological polar surface area (TPSA) is 41.6 Å². The molecule has 2 fully saturated rings. The molecule has 1 saturated carbocycles. The van der Waals surface area contributed by atoms with Crippen LogP contribution in [0.2, 0.25) is 0 Å². The van der Waals surface area contributed by atoms with E-state index in [-0.39, 0.29) is 12.7 Å². The van der Waals surface area contributed by atoms with Crippen LogP contribution in [0.3, 0.4) is 0 Å². The van der Waals surface area contributed by atoms with E-state index in [2.05, 4.69) is 35.0 Å². The maximum atomic E-state index is 15.3. The summed E-state index contributed by atoms with van der Waals surface area (Å²) >= 11 is 1.76. The molecule has 5 rings (SSSR count). The number of thiophene rings is 1. The van der Waals surface area contributed by atoms with Crippen molar-refractivity contribution in [2.24, 2.45) is 0 Å². The Morgan fingerprint density at radius 2 is 1.97 bits per heavy atom. The number of ether oxygens (including phenoxy) is 1. The molecule has 2 unspecified atom stereocenters. The zero-order valence-corrected chi connectivity index (χ0v) is 18.2. The number of nitrogens with zero attached hydrogens (tertiary/aromatic N) is 1. The highest BCUT2D eigenvalue weighted by molar-refractivity contribution is 7.17. The standard InChI is InChI=1S/C25H27FN2O2S/c26-25(9-11-28(12-10-25)24(29)30-16-18-4-2-1-3-5-18)17-27-22-15-21(22)19-6-7-23-20(14-19)8-13-31-23/h1-8,13-14,21-22,27H,9-12,15-17H2. The van der Waals surface area contributed by atoms with Gasteiger partial charge in [0.05, 0.1) is 0 Å². The predicted octanol–water partition coefficient (Wildman–Crippen LogP) is 5.49. The van der Waals surface area contributed by atoms with Crippen LogP contribution < -0.4 is 5.32 Å². The first kappa shape index (κ1) is 20.5. The highest BCUT2D eigenvalue weighted by atomic mass is 32.1. The lowest BCUT2D eigenvalue weighted by Gasteiger charge is -2.36. The summed E-state index contributed by atoms with van der Waals surface area (Å²) in [6, 6.07) is 18.8. The van der Waals surface area contributed by atoms with Gasteiger partial charge in [0, 0.05) is 49.1 Å². The molecule has 1 saturated heterocycles. The first-order valence-electron chi connectivity index (χ1n) is 10.9. The molecule has 0 radical (unpaired) electrons. The van der Waals surface area contributed by atoms with Crippen LogP contribution in [0.5, 0.6) is 0 Å². The number of likely N-dealkylation sites (tertiary alicyclic amines) is 1. The summed E-state index contributed by atoms with van der Waals surface area (Å²) in [6.07, 6.45) is 1.39. The number of hydrogen-bond acceptors (Lipinski definition) is 4. The molecule has 0 bridgehead atoms. The zero-order valence-electron chi connectivity index (χ0n) is 17.4. The SMILES string of the molecule is O=C(OCc1ccccc1)N1CCC(F)(CNC2CC2c2ccc3sccc3c2)CC1. The number of benzene rings is 2. The van der Waals surface area contributed by atoms with Gasteiger partial charge < -0.3 is 15.0 Å². The smallest absolute Gasteiger partial charge is 0.410 e. The van der Waals surface area contributed by atoms with E-state index in [1.807, 2.05) is 30.3 Å². The maximum Gasteiger partial charge on any atom is 0.410 e. The number of fused-ring (bicyclic) bond motifs is 1. The summed E-state index contributed by atoms with van der Waals surface area (Å²) < 4.78 is 22.0. The highest BCUT2D eigenvalue weighted by Gasteiger charge is 2.42. The normalized spacial score (nSPS) is 22.4. The second-order valence-corrected chi connectivity index (χ2v) is 9.67. The van der Waals surface area contributed by atoms with Gasteiger partial charge in [-0.3, -0.25) is 0 Å². The molecule has 6 heteroatoms. The van der Waals surface area contributed by atoms with Crippen molar-refractivity contribution in [3.63, 3.8) is 0 Å². The lowest BCUT2D eigenvalue weighted by Crippen LogP contribution is -2.49. The molecule has 1 aliphatic heterocycles. The van der Waals surface area contributed by atoms with Gasteiger partial charge in [-0.05, 0) is 46.5 Å². The fraction of sp³-hybridized carbons (Fsp3) is 0.400. The average Bonchev–Trinajstić information content (AvgIpc) is 3.43. The minimum absolute atomic E-state index is 0.249. The third-order valence-corrected chi connectivity index (χ3v) is 7.40. The molecular weight excluding hydrogens is 411 g/mol. The molecule has 3 aromatic rings. The number of amides is 1. The molecule has 2 heterocycles. The molecule has 1 N–H and O–H groups in total. The number of carbonyl (C=O) groups excluding carboxylic acids is 1. The Balaban J connectivity index is 1.06. The lowest BCUT2D eigenvalue weighted by molar-refractivity contribution is 0.0408. The van der Waals surface area contributed by atoms with E-state index in [1.165, 1.54) is 15.6 Å². The minimum atomic E-state index is -1.26. The van der Waals surface area contributed by atoms with E-state index in [1.54, 1.807) is 16.2 Å². The molecule has 4 nitrogen and oxygen atoms in total. The molecule has 2 aromatic carbocycles. The van der Waals surface area contributed by atoms with Crippen LogP contribution in [0.1, 0.15) is 36.3 Å². The summed E-state index contributed by atoms with van der Waals surface area (Å²) in [5, 5.41) is 6.85. The molecule has 1 amide bonds. The van der Waals surface area contributed by atoms with E-state index in [0.29, 0.717) is 44.4 Å². The number of rotatable bonds is 6. The van der Waals surface area contributed by atoms with Crippen molar-refractivity contribution >= 4 is 27.5 Å². The largest absolute Gasteiger partial charge is 0.445 e. The molecule has 1 aliphatic carbocycles. The van der Waals surface area contributed by atoms with Crippen LogP contribution in [-0.4, -0.2) is 42.3 Å². The highest BCUT2D eigenvalue weighted by Crippen LogP contribution is 2.42. The Hall–Kier alpha value is -2.44. The Bertz CT molecular complexity index is 1050. The molecule has 0 spiro atoms. The van der Waals surface area contributed by atoms with Gasteiger partial charge in [0.2, 0.25) is 0 Å². The van der Waals surface area contributed by atoms with Crippen LogP contribution in [0.15, 0.2) is 60.0 Å². The number of halogens is 1. The fourth-order valence-electron chi connectivity index (χ4n) is 4.40. The van der Waals surface area contributed by atoms with Crippen molar-refractivity contribution in [3.05, 3.63) is 71.1 Å². The number of piperidine rings is 1. The van der Waals surface area contributed by atoms with E-state index in [4.69, 9.17) is 4.74 Å². The first-order valence-corrected chi connectivity index (χ1v) is 11.8. The summed E-state index contributed by atoms with van der Waals surface area (Å²) in [7, 11) is 0. The quantitative estimate of drug-likeness (QED) is 0.553. The van der Waals surface area contributed by atoms with Crippen molar-refractivity contribution in [2.75, 3.05) is 19.6 Å². The molecule has 162 valence electrons. The lowest BCUT2D eigenvalue weighted by atomic mass is 9.93. The van der Waals surface area contributed by atoms with Crippen molar-refractivity contribution in [1.29, 1.82) is 0 Å². The predicted molar refractivity (Wildman–Crippen MR) is 122 cm³/mol. The van der Waals surface area contributed by atoms with Gasteiger partial charge in [-0.1, -0.05) is 36.4 Å². The summed E-state index contributed by atoms with van der Waals surface area (Å²) in [5.41, 5.74) is 1.03. The van der Waals surface area contributed by atoms with Crippen molar-refractivity contribution in [2.45, 2.75) is 43.5 Å². The summed E-state index contributed by atoms with van der Waals surface area (Å²) in [4.78, 5) is 13.9. The summed E-state index contributed by atoms with van der Waals surface area (Å²) in [5.74, 6) is 0.473. The molecule has 1 aromatic heterocycles. The van der Waals surface area contributed by atoms with Crippen LogP contribution in [0, 0.1) is 0 Å². The second kappa shape index (κ2) is 8.60. The van der Waals surface area contributed by atoms with Gasteiger partial charge in [0.15, 0.2) is 0 Å². The Morgan fingerprint density at radius 3 is 2.77 bits per heavy atom. The van der Waals surface area contributed by atoms with Gasteiger partial charge in [-0.25, -0.2) is 9.18 Å². The van der Waals surface area contributed by atoms with Gasteiger partial charge in [-0.15, -0.1) is 11.3 Å². The van der Waals surface area contributed by atoms with E-state index < -0.39 is 5.67 Å². The van der Waals surface area contributed by atoms with Gasteiger partial charge in [0.25, 0.3) is 0 Å². The Kier molecular flexibility index (Phi) is 5.67. The van der Waals surface area contributed by atoms with Crippen molar-refractivity contribution < 1.29 is 13.9 Å². The number of hydrogen-bond donors (Lipinski definition) is 1. The molecular formula is C25H27FN2O2S. The number of nitrogens with one attached hydrogen (secondary N) is 1. The van der Waals surface area contributed by atoms with Crippen LogP contribution in [-0.2, 0) is 11.3 Å². The number of alkyl halides is 1. The van der Waals surface area contributed by atoms with Crippen LogP contribution in [0.25, 0.3) is 10.1 Å². The van der Waals surface area contributed by atoms with Crippen LogP contribution >= 0.6 is 11.3 Å². The van der Waals surface area contributed by atoms with Gasteiger partial charge in [-0.2, -0.15) is 0 Å². The van der Waals surface area contributed by atoms with Crippen molar-refractivity contribution in [1.82, 2.24) is 10.2 Å². The monoisotopic (exact) mass is 438 g/mol. The average molecular weight is 439 g/mol. The van der Waals surface area contributed by atoms with E-state index in [0.717, 1.165) is 12.0 Å². The second-order valence-electron chi connectivity index (χ2n) is 8.73. The third-order valence-electron chi connectivity index (χ3n) is 6.50. The first-order chi connectivity index (χ1) is 15.1. The van der Waals surface area contributed by atoms with Crippen LogP contribution in [0.4, 0.5) is 9.18 Å². The van der Waals surface area contributed by atoms with E-state index in [9.17, 15) is 4.79 Å². The fourth-order valence-corrected chi connectivity index (χ4v) is 5.17. The van der Waals surface area contributed by atoms with Gasteiger partial charge in [0.1, 0.15) is 12.3 Å². The Labute approximate surface area is 186 Å². The minimum Gasteiger partial charge on any atom is -0.445 e.